The summed E-state index contributed by atoms with van der Waals surface area (Å²) in [5.74, 6) is -0.682. The Morgan fingerprint density at radius 1 is 1.32 bits per heavy atom. The Hall–Kier alpha value is -0.610. The molecule has 19 heavy (non-hydrogen) atoms. The third-order valence-electron chi connectivity index (χ3n) is 4.44. The van der Waals surface area contributed by atoms with Gasteiger partial charge in [-0.25, -0.2) is 0 Å². The van der Waals surface area contributed by atoms with Crippen LogP contribution < -0.4 is 0 Å². The lowest BCUT2D eigenvalue weighted by Crippen LogP contribution is -2.51. The molecule has 0 saturated carbocycles. The molecule has 1 aliphatic rings. The predicted molar refractivity (Wildman–Crippen MR) is 78.4 cm³/mol. The first kappa shape index (κ1) is 16.4. The molecule has 112 valence electrons. The van der Waals surface area contributed by atoms with Gasteiger partial charge in [-0.3, -0.25) is 4.79 Å². The van der Waals surface area contributed by atoms with Gasteiger partial charge in [-0.15, -0.1) is 0 Å². The van der Waals surface area contributed by atoms with Crippen molar-refractivity contribution in [1.29, 1.82) is 0 Å². The van der Waals surface area contributed by atoms with E-state index in [0.29, 0.717) is 6.04 Å². The summed E-state index contributed by atoms with van der Waals surface area (Å²) in [6, 6.07) is 0.684. The van der Waals surface area contributed by atoms with Crippen molar-refractivity contribution in [1.82, 2.24) is 9.80 Å². The van der Waals surface area contributed by atoms with Gasteiger partial charge in [-0.1, -0.05) is 13.3 Å². The summed E-state index contributed by atoms with van der Waals surface area (Å²) in [4.78, 5) is 16.0. The number of aliphatic carboxylic acids is 1. The zero-order chi connectivity index (χ0) is 14.5. The molecular formula is C15H30N2O2. The van der Waals surface area contributed by atoms with Crippen LogP contribution in [0.3, 0.4) is 0 Å². The summed E-state index contributed by atoms with van der Waals surface area (Å²) in [5.41, 5.74) is -0.575. The normalized spacial score (nSPS) is 22.6. The molecule has 1 unspecified atom stereocenters. The number of nitrogens with zero attached hydrogens (tertiary/aromatic N) is 2. The van der Waals surface area contributed by atoms with Gasteiger partial charge < -0.3 is 14.9 Å². The minimum atomic E-state index is -0.682. The second kappa shape index (κ2) is 7.25. The van der Waals surface area contributed by atoms with Crippen LogP contribution in [-0.4, -0.2) is 60.1 Å². The lowest BCUT2D eigenvalue weighted by Gasteiger charge is -2.39. The van der Waals surface area contributed by atoms with Gasteiger partial charge >= 0.3 is 5.97 Å². The number of hydrogen-bond acceptors (Lipinski definition) is 3. The fourth-order valence-electron chi connectivity index (χ4n) is 2.66. The highest BCUT2D eigenvalue weighted by atomic mass is 16.4. The van der Waals surface area contributed by atoms with Crippen LogP contribution in [0, 0.1) is 5.41 Å². The zero-order valence-corrected chi connectivity index (χ0v) is 13.0. The first-order valence-electron chi connectivity index (χ1n) is 7.53. The average Bonchev–Trinajstić information content (AvgIpc) is 2.36. The molecule has 1 N–H and O–H groups in total. The van der Waals surface area contributed by atoms with Crippen LogP contribution in [0.1, 0.15) is 46.5 Å². The molecule has 1 heterocycles. The number of carboxylic acid groups (broad SMARTS) is 1. The molecule has 4 heteroatoms. The third kappa shape index (κ3) is 5.11. The molecule has 0 aromatic heterocycles. The van der Waals surface area contributed by atoms with Crippen molar-refractivity contribution in [3.63, 3.8) is 0 Å². The topological polar surface area (TPSA) is 43.8 Å². The lowest BCUT2D eigenvalue weighted by atomic mass is 9.87. The fraction of sp³-hybridized carbons (Fsp3) is 0.933. The number of hydrogen-bond donors (Lipinski definition) is 1. The SMILES string of the molecule is CCC1CN(CCCCC(C)(C)C(=O)O)CCN1C. The van der Waals surface area contributed by atoms with Crippen molar-refractivity contribution in [2.75, 3.05) is 33.2 Å². The molecule has 1 rings (SSSR count). The Labute approximate surface area is 117 Å². The maximum Gasteiger partial charge on any atom is 0.309 e. The van der Waals surface area contributed by atoms with Crippen molar-refractivity contribution >= 4 is 5.97 Å². The van der Waals surface area contributed by atoms with Crippen molar-refractivity contribution in [3.8, 4) is 0 Å². The van der Waals surface area contributed by atoms with Gasteiger partial charge in [-0.2, -0.15) is 0 Å². The largest absolute Gasteiger partial charge is 0.481 e. The van der Waals surface area contributed by atoms with Gasteiger partial charge in [0.2, 0.25) is 0 Å². The molecular weight excluding hydrogens is 240 g/mol. The molecule has 0 aromatic carbocycles. The van der Waals surface area contributed by atoms with Crippen LogP contribution >= 0.6 is 0 Å². The fourth-order valence-corrected chi connectivity index (χ4v) is 2.66. The second-order valence-electron chi connectivity index (χ2n) is 6.49. The number of unbranched alkanes of at least 4 members (excludes halogenated alkanes) is 1. The van der Waals surface area contributed by atoms with Gasteiger partial charge in [0.15, 0.2) is 0 Å². The number of carboxylic acids is 1. The maximum absolute atomic E-state index is 11.0. The van der Waals surface area contributed by atoms with E-state index in [-0.39, 0.29) is 0 Å². The van der Waals surface area contributed by atoms with Crippen molar-refractivity contribution < 1.29 is 9.90 Å². The number of piperazine rings is 1. The predicted octanol–water partition coefficient (Wildman–Crippen LogP) is 2.29. The smallest absolute Gasteiger partial charge is 0.309 e. The summed E-state index contributed by atoms with van der Waals surface area (Å²) in [6.07, 6.45) is 4.09. The van der Waals surface area contributed by atoms with Gasteiger partial charge in [0.25, 0.3) is 0 Å². The van der Waals surface area contributed by atoms with Crippen LogP contribution in [0.5, 0.6) is 0 Å². The summed E-state index contributed by atoms with van der Waals surface area (Å²) in [6.45, 7) is 10.5. The van der Waals surface area contributed by atoms with E-state index in [9.17, 15) is 4.79 Å². The van der Waals surface area contributed by atoms with Crippen LogP contribution in [0.4, 0.5) is 0 Å². The van der Waals surface area contributed by atoms with Crippen molar-refractivity contribution in [3.05, 3.63) is 0 Å². The lowest BCUT2D eigenvalue weighted by molar-refractivity contribution is -0.147. The molecule has 1 aliphatic heterocycles. The first-order chi connectivity index (χ1) is 8.86. The van der Waals surface area contributed by atoms with E-state index >= 15 is 0 Å². The van der Waals surface area contributed by atoms with E-state index in [1.165, 1.54) is 6.42 Å². The van der Waals surface area contributed by atoms with E-state index in [1.54, 1.807) is 0 Å². The highest BCUT2D eigenvalue weighted by Gasteiger charge is 2.26. The molecule has 1 atom stereocenters. The summed E-state index contributed by atoms with van der Waals surface area (Å²) < 4.78 is 0. The molecule has 0 radical (unpaired) electrons. The molecule has 0 amide bonds. The number of rotatable bonds is 7. The highest BCUT2D eigenvalue weighted by Crippen LogP contribution is 2.23. The van der Waals surface area contributed by atoms with Crippen LogP contribution in [-0.2, 0) is 4.79 Å². The molecule has 4 nitrogen and oxygen atoms in total. The maximum atomic E-state index is 11.0. The highest BCUT2D eigenvalue weighted by molar-refractivity contribution is 5.73. The molecule has 0 aliphatic carbocycles. The van der Waals surface area contributed by atoms with E-state index < -0.39 is 11.4 Å². The monoisotopic (exact) mass is 270 g/mol. The van der Waals surface area contributed by atoms with Crippen LogP contribution in [0.2, 0.25) is 0 Å². The average molecular weight is 270 g/mol. The van der Waals surface area contributed by atoms with Gasteiger partial charge in [-0.05, 0) is 46.7 Å². The van der Waals surface area contributed by atoms with E-state index in [0.717, 1.165) is 45.4 Å². The minimum absolute atomic E-state index is 0.575. The van der Waals surface area contributed by atoms with Gasteiger partial charge in [0.1, 0.15) is 0 Å². The first-order valence-corrected chi connectivity index (χ1v) is 7.53. The minimum Gasteiger partial charge on any atom is -0.481 e. The summed E-state index contributed by atoms with van der Waals surface area (Å²) >= 11 is 0. The van der Waals surface area contributed by atoms with Gasteiger partial charge in [0, 0.05) is 25.7 Å². The van der Waals surface area contributed by atoms with E-state index in [2.05, 4.69) is 23.8 Å². The number of carbonyl (C=O) groups is 1. The summed E-state index contributed by atoms with van der Waals surface area (Å²) in [5, 5.41) is 9.07. The standard InChI is InChI=1S/C15H30N2O2/c1-5-13-12-17(11-10-16(13)4)9-7-6-8-15(2,3)14(18)19/h13H,5-12H2,1-4H3,(H,18,19). The Balaban J connectivity index is 2.21. The van der Waals surface area contributed by atoms with E-state index in [4.69, 9.17) is 5.11 Å². The molecule has 0 aromatic rings. The number of likely N-dealkylation sites (N-methyl/N-ethyl adjacent to an activating group) is 1. The zero-order valence-electron chi connectivity index (χ0n) is 13.0. The Morgan fingerprint density at radius 2 is 2.00 bits per heavy atom. The van der Waals surface area contributed by atoms with Crippen molar-refractivity contribution in [2.24, 2.45) is 5.41 Å². The molecule has 0 bridgehead atoms. The van der Waals surface area contributed by atoms with Crippen LogP contribution in [0.15, 0.2) is 0 Å². The van der Waals surface area contributed by atoms with Crippen LogP contribution in [0.25, 0.3) is 0 Å². The third-order valence-corrected chi connectivity index (χ3v) is 4.44. The summed E-state index contributed by atoms with van der Waals surface area (Å²) in [7, 11) is 2.21. The Bertz CT molecular complexity index is 292. The second-order valence-corrected chi connectivity index (χ2v) is 6.49. The Kier molecular flexibility index (Phi) is 6.27. The quantitative estimate of drug-likeness (QED) is 0.721. The van der Waals surface area contributed by atoms with Gasteiger partial charge in [0.05, 0.1) is 5.41 Å². The van der Waals surface area contributed by atoms with Crippen molar-refractivity contribution in [2.45, 2.75) is 52.5 Å². The molecule has 1 fully saturated rings. The molecule has 1 saturated heterocycles. The Morgan fingerprint density at radius 3 is 2.58 bits per heavy atom. The molecule has 0 spiro atoms. The van der Waals surface area contributed by atoms with E-state index in [1.807, 2.05) is 13.8 Å².